The Morgan fingerprint density at radius 3 is 2.13 bits per heavy atom. The van der Waals surface area contributed by atoms with Gasteiger partial charge in [-0.1, -0.05) is 11.1 Å². The van der Waals surface area contributed by atoms with Crippen LogP contribution in [0.4, 0.5) is 0 Å². The zero-order valence-electron chi connectivity index (χ0n) is 15.5. The van der Waals surface area contributed by atoms with Gasteiger partial charge in [-0.15, -0.1) is 0 Å². The Balaban J connectivity index is 2.20. The molecule has 3 fully saturated rings. The van der Waals surface area contributed by atoms with Gasteiger partial charge in [0.2, 0.25) is 0 Å². The number of ether oxygens (including phenoxy) is 2. The second-order valence-corrected chi connectivity index (χ2v) is 7.78. The van der Waals surface area contributed by atoms with Crippen LogP contribution in [0.15, 0.2) is 33.7 Å². The van der Waals surface area contributed by atoms with Crippen molar-refractivity contribution in [3.8, 4) is 0 Å². The van der Waals surface area contributed by atoms with Crippen molar-refractivity contribution < 1.29 is 9.47 Å². The molecule has 3 aliphatic rings. The van der Waals surface area contributed by atoms with Gasteiger partial charge in [-0.25, -0.2) is 0 Å². The van der Waals surface area contributed by atoms with Crippen LogP contribution in [0.25, 0.3) is 0 Å². The van der Waals surface area contributed by atoms with Crippen molar-refractivity contribution in [3.05, 3.63) is 33.7 Å². The summed E-state index contributed by atoms with van der Waals surface area (Å²) in [7, 11) is 0. The topological polar surface area (TPSA) is 21.7 Å². The highest BCUT2D eigenvalue weighted by molar-refractivity contribution is 5.50. The summed E-state index contributed by atoms with van der Waals surface area (Å²) in [6.45, 7) is 14.8. The van der Waals surface area contributed by atoms with Gasteiger partial charge in [0.25, 0.3) is 0 Å². The first-order chi connectivity index (χ1) is 10.9. The molecule has 2 aliphatic heterocycles. The summed E-state index contributed by atoms with van der Waals surface area (Å²) in [5.41, 5.74) is 6.68. The van der Waals surface area contributed by atoms with E-state index >= 15 is 0 Å². The molecule has 2 unspecified atom stereocenters. The summed E-state index contributed by atoms with van der Waals surface area (Å²) < 4.78 is 12.5. The van der Waals surface area contributed by atoms with Gasteiger partial charge in [0.05, 0.1) is 19.3 Å². The molecule has 23 heavy (non-hydrogen) atoms. The first kappa shape index (κ1) is 16.6. The second-order valence-electron chi connectivity index (χ2n) is 7.78. The number of rotatable bonds is 1. The van der Waals surface area contributed by atoms with Crippen LogP contribution in [0.3, 0.4) is 0 Å². The Hall–Kier alpha value is -1.22. The van der Waals surface area contributed by atoms with E-state index in [9.17, 15) is 0 Å². The molecule has 2 heterocycles. The normalized spacial score (nSPS) is 28.1. The molecule has 0 bridgehead atoms. The molecule has 0 amide bonds. The fourth-order valence-electron chi connectivity index (χ4n) is 3.86. The summed E-state index contributed by atoms with van der Waals surface area (Å²) in [5.74, 6) is 1.10. The van der Waals surface area contributed by atoms with Crippen LogP contribution < -0.4 is 0 Å². The highest BCUT2D eigenvalue weighted by atomic mass is 16.5. The molecule has 3 rings (SSSR count). The van der Waals surface area contributed by atoms with Crippen LogP contribution in [0.5, 0.6) is 0 Å². The third-order valence-electron chi connectivity index (χ3n) is 4.98. The van der Waals surface area contributed by atoms with Gasteiger partial charge in [-0.3, -0.25) is 0 Å². The fourth-order valence-corrected chi connectivity index (χ4v) is 3.86. The molecule has 1 saturated carbocycles. The molecule has 128 valence electrons. The Kier molecular flexibility index (Phi) is 4.59. The van der Waals surface area contributed by atoms with Crippen molar-refractivity contribution in [2.75, 3.05) is 13.2 Å². The van der Waals surface area contributed by atoms with E-state index in [1.165, 1.54) is 40.8 Å². The number of hydrogen-bond donors (Lipinski definition) is 0. The fraction of sp³-hybridized carbons (Fsp3) is 0.700. The van der Waals surface area contributed by atoms with Crippen molar-refractivity contribution in [2.45, 2.75) is 79.0 Å². The molecule has 2 saturated heterocycles. The lowest BCUT2D eigenvalue weighted by Crippen LogP contribution is -2.49. The minimum absolute atomic E-state index is 0.237. The largest absolute Gasteiger partial charge is 0.487 e. The van der Waals surface area contributed by atoms with Gasteiger partial charge in [0.1, 0.15) is 11.9 Å². The van der Waals surface area contributed by atoms with E-state index in [2.05, 4.69) is 46.4 Å². The van der Waals surface area contributed by atoms with Crippen LogP contribution in [-0.2, 0) is 9.47 Å². The molecule has 0 radical (unpaired) electrons. The third-order valence-corrected chi connectivity index (χ3v) is 4.98. The maximum atomic E-state index is 6.61. The van der Waals surface area contributed by atoms with Gasteiger partial charge in [-0.05, 0) is 60.0 Å². The van der Waals surface area contributed by atoms with Gasteiger partial charge in [0, 0.05) is 23.7 Å². The van der Waals surface area contributed by atoms with E-state index < -0.39 is 0 Å². The third kappa shape index (κ3) is 3.08. The molecule has 3 nitrogen and oxygen atoms in total. The van der Waals surface area contributed by atoms with Crippen molar-refractivity contribution in [2.24, 2.45) is 0 Å². The van der Waals surface area contributed by atoms with Crippen LogP contribution in [0, 0.1) is 0 Å². The van der Waals surface area contributed by atoms with E-state index in [4.69, 9.17) is 9.47 Å². The molecule has 0 aromatic heterocycles. The van der Waals surface area contributed by atoms with E-state index in [0.717, 1.165) is 25.4 Å². The molecule has 1 aliphatic carbocycles. The Bertz CT molecular complexity index is 568. The minimum Gasteiger partial charge on any atom is -0.487 e. The Labute approximate surface area is 141 Å². The standard InChI is InChI=1S/C20H31NO2/c1-12(2)18-19(13(3)4)21(15-7-8-15)16-11-22-10-9-17(16)23-20(18)14(5)6/h15-17H,7-11H2,1-6H3. The van der Waals surface area contributed by atoms with Crippen molar-refractivity contribution in [1.82, 2.24) is 4.90 Å². The van der Waals surface area contributed by atoms with E-state index in [1.807, 2.05) is 0 Å². The Morgan fingerprint density at radius 1 is 0.913 bits per heavy atom. The van der Waals surface area contributed by atoms with Crippen molar-refractivity contribution in [3.63, 3.8) is 0 Å². The van der Waals surface area contributed by atoms with Crippen molar-refractivity contribution in [1.29, 1.82) is 0 Å². The molecule has 0 aromatic rings. The smallest absolute Gasteiger partial charge is 0.127 e. The predicted octanol–water partition coefficient (Wildman–Crippen LogP) is 4.56. The lowest BCUT2D eigenvalue weighted by atomic mass is 9.97. The summed E-state index contributed by atoms with van der Waals surface area (Å²) >= 11 is 0. The van der Waals surface area contributed by atoms with Crippen LogP contribution >= 0.6 is 0 Å². The van der Waals surface area contributed by atoms with Crippen LogP contribution in [-0.4, -0.2) is 36.3 Å². The summed E-state index contributed by atoms with van der Waals surface area (Å²) in [6, 6.07) is 0.996. The predicted molar refractivity (Wildman–Crippen MR) is 94.1 cm³/mol. The average Bonchev–Trinajstić information content (AvgIpc) is 3.30. The molecule has 0 aromatic carbocycles. The highest BCUT2D eigenvalue weighted by Gasteiger charge is 2.45. The van der Waals surface area contributed by atoms with Crippen LogP contribution in [0.1, 0.15) is 60.8 Å². The SMILES string of the molecule is CC(C)=C1OC2CCOCC2N(C2CC2)C(=C(C)C)C1=C(C)C. The molecule has 3 heteroatoms. The first-order valence-corrected chi connectivity index (χ1v) is 8.97. The molecule has 0 N–H and O–H groups in total. The van der Waals surface area contributed by atoms with Gasteiger partial charge in [-0.2, -0.15) is 0 Å². The summed E-state index contributed by atoms with van der Waals surface area (Å²) in [4.78, 5) is 2.65. The zero-order valence-corrected chi connectivity index (χ0v) is 15.5. The van der Waals surface area contributed by atoms with E-state index in [0.29, 0.717) is 12.1 Å². The summed E-state index contributed by atoms with van der Waals surface area (Å²) in [5, 5.41) is 0. The maximum absolute atomic E-state index is 6.61. The molecular weight excluding hydrogens is 286 g/mol. The van der Waals surface area contributed by atoms with E-state index in [-0.39, 0.29) is 6.10 Å². The van der Waals surface area contributed by atoms with Crippen molar-refractivity contribution >= 4 is 0 Å². The number of allylic oxidation sites excluding steroid dienone is 3. The number of hydrogen-bond acceptors (Lipinski definition) is 3. The number of fused-ring (bicyclic) bond motifs is 1. The van der Waals surface area contributed by atoms with Crippen LogP contribution in [0.2, 0.25) is 0 Å². The first-order valence-electron chi connectivity index (χ1n) is 8.97. The second kappa shape index (κ2) is 6.35. The molecular formula is C20H31NO2. The van der Waals surface area contributed by atoms with Gasteiger partial charge >= 0.3 is 0 Å². The van der Waals surface area contributed by atoms with Gasteiger partial charge < -0.3 is 14.4 Å². The number of nitrogens with zero attached hydrogens (tertiary/aromatic N) is 1. The maximum Gasteiger partial charge on any atom is 0.127 e. The highest BCUT2D eigenvalue weighted by Crippen LogP contribution is 2.44. The summed E-state index contributed by atoms with van der Waals surface area (Å²) in [6.07, 6.45) is 3.80. The monoisotopic (exact) mass is 317 g/mol. The Morgan fingerprint density at radius 2 is 1.61 bits per heavy atom. The molecule has 2 atom stereocenters. The quantitative estimate of drug-likeness (QED) is 0.707. The average molecular weight is 317 g/mol. The lowest BCUT2D eigenvalue weighted by Gasteiger charge is -2.39. The molecule has 0 spiro atoms. The minimum atomic E-state index is 0.237. The van der Waals surface area contributed by atoms with E-state index in [1.54, 1.807) is 0 Å². The van der Waals surface area contributed by atoms with Gasteiger partial charge in [0.15, 0.2) is 0 Å². The zero-order chi connectivity index (χ0) is 16.7. The lowest BCUT2D eigenvalue weighted by molar-refractivity contribution is -0.0570.